The lowest BCUT2D eigenvalue weighted by Crippen LogP contribution is -2.12. The lowest BCUT2D eigenvalue weighted by molar-refractivity contribution is 0.0981. The second-order valence-electron chi connectivity index (χ2n) is 4.24. The smallest absolute Gasteiger partial charge is 0.316 e. The van der Waals surface area contributed by atoms with Crippen molar-refractivity contribution in [3.8, 4) is 11.4 Å². The first-order valence-corrected chi connectivity index (χ1v) is 6.52. The molecule has 110 valence electrons. The number of aromatic nitrogens is 3. The van der Waals surface area contributed by atoms with E-state index < -0.39 is 11.7 Å². The molecule has 8 heteroatoms. The molecule has 6 nitrogen and oxygen atoms in total. The summed E-state index contributed by atoms with van der Waals surface area (Å²) in [7, 11) is 0. The van der Waals surface area contributed by atoms with Gasteiger partial charge in [0.2, 0.25) is 5.82 Å². The van der Waals surface area contributed by atoms with Gasteiger partial charge in [-0.2, -0.15) is 4.98 Å². The van der Waals surface area contributed by atoms with Crippen molar-refractivity contribution in [2.45, 2.75) is 0 Å². The number of rotatable bonds is 3. The highest BCUT2D eigenvalue weighted by Crippen LogP contribution is 2.20. The van der Waals surface area contributed by atoms with Crippen LogP contribution in [0.3, 0.4) is 0 Å². The number of pyridine rings is 1. The first kappa shape index (κ1) is 14.2. The number of hydrogen-bond acceptors (Lipinski definition) is 5. The third-order valence-electron chi connectivity index (χ3n) is 2.74. The maximum atomic E-state index is 13.1. The zero-order valence-electron chi connectivity index (χ0n) is 11.0. The summed E-state index contributed by atoms with van der Waals surface area (Å²) < 4.78 is 18.0. The Morgan fingerprint density at radius 3 is 2.73 bits per heavy atom. The van der Waals surface area contributed by atoms with E-state index in [9.17, 15) is 9.18 Å². The number of anilines is 1. The molecule has 1 aromatic carbocycles. The van der Waals surface area contributed by atoms with Gasteiger partial charge in [0.15, 0.2) is 0 Å². The summed E-state index contributed by atoms with van der Waals surface area (Å²) in [6.07, 6.45) is 3.15. The average molecular weight is 319 g/mol. The summed E-state index contributed by atoms with van der Waals surface area (Å²) in [5.74, 6) is -1.13. The minimum absolute atomic E-state index is 0.0965. The number of carbonyl (C=O) groups is 1. The Balaban J connectivity index is 1.78. The van der Waals surface area contributed by atoms with Crippen molar-refractivity contribution in [1.29, 1.82) is 0 Å². The fourth-order valence-electron chi connectivity index (χ4n) is 1.69. The van der Waals surface area contributed by atoms with Gasteiger partial charge in [-0.15, -0.1) is 0 Å². The number of nitrogens with zero attached hydrogens (tertiary/aromatic N) is 3. The quantitative estimate of drug-likeness (QED) is 0.802. The Labute approximate surface area is 128 Å². The highest BCUT2D eigenvalue weighted by molar-refractivity contribution is 6.31. The molecule has 0 aliphatic carbocycles. The van der Waals surface area contributed by atoms with Gasteiger partial charge in [-0.05, 0) is 30.3 Å². The molecule has 0 aliphatic heterocycles. The molecule has 0 radical (unpaired) electrons. The zero-order chi connectivity index (χ0) is 15.5. The average Bonchev–Trinajstić information content (AvgIpc) is 3.02. The number of nitrogens with one attached hydrogen (secondary N) is 1. The molecule has 3 aromatic rings. The van der Waals surface area contributed by atoms with Gasteiger partial charge in [-0.1, -0.05) is 16.8 Å². The fourth-order valence-corrected chi connectivity index (χ4v) is 1.87. The van der Waals surface area contributed by atoms with Gasteiger partial charge in [0.05, 0.1) is 5.02 Å². The maximum Gasteiger partial charge on any atom is 0.316 e. The topological polar surface area (TPSA) is 80.9 Å². The zero-order valence-corrected chi connectivity index (χ0v) is 11.7. The van der Waals surface area contributed by atoms with E-state index in [2.05, 4.69) is 20.4 Å². The number of halogens is 2. The Morgan fingerprint density at radius 1 is 1.23 bits per heavy atom. The number of amides is 1. The second-order valence-corrected chi connectivity index (χ2v) is 4.65. The fraction of sp³-hybridized carbons (Fsp3) is 0. The Morgan fingerprint density at radius 2 is 2.00 bits per heavy atom. The van der Waals surface area contributed by atoms with Crippen LogP contribution in [0.1, 0.15) is 10.7 Å². The van der Waals surface area contributed by atoms with Crippen LogP contribution < -0.4 is 5.32 Å². The molecule has 0 atom stereocenters. The van der Waals surface area contributed by atoms with E-state index in [1.54, 1.807) is 24.5 Å². The van der Waals surface area contributed by atoms with E-state index in [0.717, 1.165) is 6.07 Å². The van der Waals surface area contributed by atoms with Crippen LogP contribution in [0.15, 0.2) is 47.2 Å². The van der Waals surface area contributed by atoms with Crippen LogP contribution >= 0.6 is 11.6 Å². The van der Waals surface area contributed by atoms with Crippen LogP contribution in [0.5, 0.6) is 0 Å². The SMILES string of the molecule is O=C(Nc1ccc(F)c(Cl)c1)c1nc(-c2ccncc2)no1. The number of hydrogen-bond donors (Lipinski definition) is 1. The predicted octanol–water partition coefficient (Wildman–Crippen LogP) is 3.18. The molecule has 0 saturated heterocycles. The van der Waals surface area contributed by atoms with Crippen molar-refractivity contribution < 1.29 is 13.7 Å². The molecule has 0 aliphatic rings. The molecule has 0 unspecified atom stereocenters. The van der Waals surface area contributed by atoms with Crippen molar-refractivity contribution in [3.63, 3.8) is 0 Å². The Kier molecular flexibility index (Phi) is 3.80. The van der Waals surface area contributed by atoms with Gasteiger partial charge in [0.25, 0.3) is 0 Å². The molecule has 22 heavy (non-hydrogen) atoms. The van der Waals surface area contributed by atoms with Crippen LogP contribution in [0.25, 0.3) is 11.4 Å². The minimum Gasteiger partial charge on any atom is -0.328 e. The normalized spacial score (nSPS) is 10.5. The van der Waals surface area contributed by atoms with Crippen molar-refractivity contribution >= 4 is 23.2 Å². The molecular weight excluding hydrogens is 311 g/mol. The van der Waals surface area contributed by atoms with Gasteiger partial charge in [-0.25, -0.2) is 4.39 Å². The molecule has 2 aromatic heterocycles. The third kappa shape index (κ3) is 2.94. The molecule has 0 saturated carbocycles. The summed E-state index contributed by atoms with van der Waals surface area (Å²) in [6, 6.07) is 7.18. The van der Waals surface area contributed by atoms with Crippen molar-refractivity contribution in [1.82, 2.24) is 15.1 Å². The summed E-state index contributed by atoms with van der Waals surface area (Å²) in [6.45, 7) is 0. The number of carbonyl (C=O) groups excluding carboxylic acids is 1. The first-order valence-electron chi connectivity index (χ1n) is 6.14. The minimum atomic E-state index is -0.615. The van der Waals surface area contributed by atoms with Gasteiger partial charge in [0, 0.05) is 23.6 Å². The first-order chi connectivity index (χ1) is 10.6. The highest BCUT2D eigenvalue weighted by Gasteiger charge is 2.16. The van der Waals surface area contributed by atoms with Crippen molar-refractivity contribution in [3.05, 3.63) is 59.5 Å². The van der Waals surface area contributed by atoms with Crippen molar-refractivity contribution in [2.75, 3.05) is 5.32 Å². The van der Waals surface area contributed by atoms with E-state index in [4.69, 9.17) is 16.1 Å². The second kappa shape index (κ2) is 5.90. The largest absolute Gasteiger partial charge is 0.328 e. The van der Waals surface area contributed by atoms with E-state index in [0.29, 0.717) is 11.3 Å². The lowest BCUT2D eigenvalue weighted by Gasteiger charge is -2.02. The van der Waals surface area contributed by atoms with E-state index >= 15 is 0 Å². The van der Waals surface area contributed by atoms with Gasteiger partial charge in [0.1, 0.15) is 5.82 Å². The molecule has 3 rings (SSSR count). The van der Waals surface area contributed by atoms with Crippen LogP contribution in [-0.2, 0) is 0 Å². The van der Waals surface area contributed by atoms with Crippen LogP contribution in [0, 0.1) is 5.82 Å². The summed E-state index contributed by atoms with van der Waals surface area (Å²) >= 11 is 5.64. The molecule has 1 N–H and O–H groups in total. The third-order valence-corrected chi connectivity index (χ3v) is 3.03. The lowest BCUT2D eigenvalue weighted by atomic mass is 10.2. The molecule has 0 spiro atoms. The predicted molar refractivity (Wildman–Crippen MR) is 76.9 cm³/mol. The molecule has 1 amide bonds. The van der Waals surface area contributed by atoms with Gasteiger partial charge >= 0.3 is 11.8 Å². The van der Waals surface area contributed by atoms with Crippen LogP contribution in [0.2, 0.25) is 5.02 Å². The van der Waals surface area contributed by atoms with E-state index in [1.807, 2.05) is 0 Å². The molecule has 2 heterocycles. The summed E-state index contributed by atoms with van der Waals surface area (Å²) in [5, 5.41) is 6.12. The Hall–Kier alpha value is -2.80. The Bertz CT molecular complexity index is 823. The number of benzene rings is 1. The van der Waals surface area contributed by atoms with Crippen LogP contribution in [0.4, 0.5) is 10.1 Å². The van der Waals surface area contributed by atoms with Crippen LogP contribution in [-0.4, -0.2) is 21.0 Å². The van der Waals surface area contributed by atoms with Gasteiger partial charge < -0.3 is 9.84 Å². The monoisotopic (exact) mass is 318 g/mol. The summed E-state index contributed by atoms with van der Waals surface area (Å²) in [4.78, 5) is 19.9. The standard InChI is InChI=1S/C14H8ClFN4O2/c15-10-7-9(1-2-11(10)16)18-13(21)14-19-12(20-22-14)8-3-5-17-6-4-8/h1-7H,(H,18,21). The van der Waals surface area contributed by atoms with Gasteiger partial charge in [-0.3, -0.25) is 9.78 Å². The summed E-state index contributed by atoms with van der Waals surface area (Å²) in [5.41, 5.74) is 0.989. The van der Waals surface area contributed by atoms with E-state index in [1.165, 1.54) is 12.1 Å². The molecule has 0 fully saturated rings. The highest BCUT2D eigenvalue weighted by atomic mass is 35.5. The maximum absolute atomic E-state index is 13.1. The van der Waals surface area contributed by atoms with E-state index in [-0.39, 0.29) is 16.7 Å². The molecular formula is C14H8ClFN4O2. The van der Waals surface area contributed by atoms with Crippen molar-refractivity contribution in [2.24, 2.45) is 0 Å². The molecule has 0 bridgehead atoms.